The van der Waals surface area contributed by atoms with Crippen LogP contribution in [0.25, 0.3) is 11.0 Å². The van der Waals surface area contributed by atoms with E-state index in [1.807, 2.05) is 19.1 Å². The Bertz CT molecular complexity index is 464. The SMILES string of the molecule is CCNc1cc2cc(Cl)cc(Cl)c2o1. The van der Waals surface area contributed by atoms with Gasteiger partial charge in [0.2, 0.25) is 0 Å². The summed E-state index contributed by atoms with van der Waals surface area (Å²) in [5, 5.41) is 5.15. The van der Waals surface area contributed by atoms with Crippen molar-refractivity contribution in [2.24, 2.45) is 0 Å². The molecule has 2 aromatic rings. The van der Waals surface area contributed by atoms with Crippen LogP contribution >= 0.6 is 23.2 Å². The third-order valence-electron chi connectivity index (χ3n) is 1.89. The number of furan rings is 1. The van der Waals surface area contributed by atoms with E-state index >= 15 is 0 Å². The lowest BCUT2D eigenvalue weighted by Crippen LogP contribution is -1.93. The second-order valence-electron chi connectivity index (χ2n) is 2.95. The van der Waals surface area contributed by atoms with Gasteiger partial charge in [0.25, 0.3) is 0 Å². The Balaban J connectivity index is 2.58. The van der Waals surface area contributed by atoms with Crippen molar-refractivity contribution in [1.82, 2.24) is 0 Å². The van der Waals surface area contributed by atoms with Gasteiger partial charge >= 0.3 is 0 Å². The Hall–Kier alpha value is -0.860. The monoisotopic (exact) mass is 229 g/mol. The topological polar surface area (TPSA) is 25.2 Å². The molecule has 4 heteroatoms. The number of rotatable bonds is 2. The van der Waals surface area contributed by atoms with Crippen LogP contribution in [0.3, 0.4) is 0 Å². The molecule has 0 fully saturated rings. The summed E-state index contributed by atoms with van der Waals surface area (Å²) in [6, 6.07) is 5.38. The molecule has 0 spiro atoms. The van der Waals surface area contributed by atoms with E-state index in [9.17, 15) is 0 Å². The van der Waals surface area contributed by atoms with Crippen LogP contribution in [-0.4, -0.2) is 6.54 Å². The fraction of sp³-hybridized carbons (Fsp3) is 0.200. The van der Waals surface area contributed by atoms with Gasteiger partial charge in [-0.2, -0.15) is 0 Å². The Kier molecular flexibility index (Phi) is 2.57. The molecule has 14 heavy (non-hydrogen) atoms. The van der Waals surface area contributed by atoms with E-state index in [2.05, 4.69) is 5.32 Å². The first kappa shape index (κ1) is 9.69. The van der Waals surface area contributed by atoms with Crippen molar-refractivity contribution in [2.75, 3.05) is 11.9 Å². The lowest BCUT2D eigenvalue weighted by molar-refractivity contribution is 0.628. The third kappa shape index (κ3) is 1.68. The van der Waals surface area contributed by atoms with Crippen molar-refractivity contribution in [3.8, 4) is 0 Å². The van der Waals surface area contributed by atoms with Crippen LogP contribution in [0.1, 0.15) is 6.92 Å². The molecule has 0 amide bonds. The Morgan fingerprint density at radius 1 is 1.29 bits per heavy atom. The Labute approximate surface area is 91.8 Å². The molecule has 0 saturated carbocycles. The number of hydrogen-bond donors (Lipinski definition) is 1. The number of hydrogen-bond acceptors (Lipinski definition) is 2. The summed E-state index contributed by atoms with van der Waals surface area (Å²) in [6.07, 6.45) is 0. The molecule has 0 saturated heterocycles. The Morgan fingerprint density at radius 2 is 2.07 bits per heavy atom. The van der Waals surface area contributed by atoms with Crippen molar-refractivity contribution in [2.45, 2.75) is 6.92 Å². The van der Waals surface area contributed by atoms with Gasteiger partial charge in [-0.15, -0.1) is 0 Å². The van der Waals surface area contributed by atoms with Gasteiger partial charge in [0.15, 0.2) is 11.5 Å². The maximum absolute atomic E-state index is 5.97. The van der Waals surface area contributed by atoms with Crippen LogP contribution in [0.4, 0.5) is 5.88 Å². The average Bonchev–Trinajstić information content (AvgIpc) is 2.48. The van der Waals surface area contributed by atoms with E-state index in [1.54, 1.807) is 6.07 Å². The van der Waals surface area contributed by atoms with E-state index in [4.69, 9.17) is 27.6 Å². The molecule has 0 radical (unpaired) electrons. The van der Waals surface area contributed by atoms with Gasteiger partial charge < -0.3 is 9.73 Å². The minimum atomic E-state index is 0.539. The molecule has 0 atom stereocenters. The van der Waals surface area contributed by atoms with E-state index in [-0.39, 0.29) is 0 Å². The Morgan fingerprint density at radius 3 is 2.79 bits per heavy atom. The van der Waals surface area contributed by atoms with Gasteiger partial charge in [-0.05, 0) is 19.1 Å². The molecule has 0 bridgehead atoms. The molecule has 1 N–H and O–H groups in total. The predicted octanol–water partition coefficient (Wildman–Crippen LogP) is 4.17. The molecule has 74 valence electrons. The lowest BCUT2D eigenvalue weighted by Gasteiger charge is -1.95. The molecule has 1 aromatic carbocycles. The van der Waals surface area contributed by atoms with Crippen LogP contribution < -0.4 is 5.32 Å². The highest BCUT2D eigenvalue weighted by molar-refractivity contribution is 6.38. The minimum absolute atomic E-state index is 0.539. The van der Waals surface area contributed by atoms with Crippen molar-refractivity contribution in [3.63, 3.8) is 0 Å². The maximum Gasteiger partial charge on any atom is 0.194 e. The van der Waals surface area contributed by atoms with Crippen molar-refractivity contribution in [1.29, 1.82) is 0 Å². The van der Waals surface area contributed by atoms with Gasteiger partial charge in [0.05, 0.1) is 5.02 Å². The molecule has 0 aliphatic carbocycles. The number of nitrogens with one attached hydrogen (secondary N) is 1. The van der Waals surface area contributed by atoms with E-state index in [1.165, 1.54) is 0 Å². The van der Waals surface area contributed by atoms with Gasteiger partial charge in [-0.1, -0.05) is 23.2 Å². The highest BCUT2D eigenvalue weighted by Gasteiger charge is 2.07. The summed E-state index contributed by atoms with van der Waals surface area (Å²) >= 11 is 11.8. The summed E-state index contributed by atoms with van der Waals surface area (Å²) in [4.78, 5) is 0. The van der Waals surface area contributed by atoms with Crippen LogP contribution in [0.15, 0.2) is 22.6 Å². The average molecular weight is 230 g/mol. The zero-order valence-electron chi connectivity index (χ0n) is 7.60. The van der Waals surface area contributed by atoms with Crippen LogP contribution in [0.5, 0.6) is 0 Å². The van der Waals surface area contributed by atoms with Crippen molar-refractivity contribution >= 4 is 40.1 Å². The molecule has 0 aliphatic rings. The zero-order valence-corrected chi connectivity index (χ0v) is 9.12. The van der Waals surface area contributed by atoms with Gasteiger partial charge in [-0.25, -0.2) is 0 Å². The standard InChI is InChI=1S/C10H9Cl2NO/c1-2-13-9-4-6-3-7(11)5-8(12)10(6)14-9/h3-5,13H,2H2,1H3. The quantitative estimate of drug-likeness (QED) is 0.837. The molecule has 1 aromatic heterocycles. The van der Waals surface area contributed by atoms with Gasteiger partial charge in [-0.3, -0.25) is 0 Å². The predicted molar refractivity (Wildman–Crippen MR) is 60.4 cm³/mol. The molecule has 2 nitrogen and oxygen atoms in total. The molecule has 2 rings (SSSR count). The summed E-state index contributed by atoms with van der Waals surface area (Å²) in [5.41, 5.74) is 0.673. The fourth-order valence-corrected chi connectivity index (χ4v) is 1.88. The number of benzene rings is 1. The third-order valence-corrected chi connectivity index (χ3v) is 2.39. The molecule has 0 unspecified atom stereocenters. The van der Waals surface area contributed by atoms with Crippen LogP contribution in [0.2, 0.25) is 10.0 Å². The molecular formula is C10H9Cl2NO. The van der Waals surface area contributed by atoms with Crippen LogP contribution in [-0.2, 0) is 0 Å². The number of anilines is 1. The van der Waals surface area contributed by atoms with Crippen LogP contribution in [0, 0.1) is 0 Å². The summed E-state index contributed by atoms with van der Waals surface area (Å²) in [5.74, 6) is 0.715. The molecule has 0 aliphatic heterocycles. The maximum atomic E-state index is 5.97. The largest absolute Gasteiger partial charge is 0.439 e. The van der Waals surface area contributed by atoms with E-state index in [0.717, 1.165) is 11.9 Å². The second-order valence-corrected chi connectivity index (χ2v) is 3.79. The first-order valence-corrected chi connectivity index (χ1v) is 5.08. The number of fused-ring (bicyclic) bond motifs is 1. The van der Waals surface area contributed by atoms with Gasteiger partial charge in [0, 0.05) is 23.0 Å². The zero-order chi connectivity index (χ0) is 10.1. The fourth-order valence-electron chi connectivity index (χ4n) is 1.34. The highest BCUT2D eigenvalue weighted by atomic mass is 35.5. The first-order chi connectivity index (χ1) is 6.70. The summed E-state index contributed by atoms with van der Waals surface area (Å²) in [6.45, 7) is 2.81. The van der Waals surface area contributed by atoms with E-state index < -0.39 is 0 Å². The molecule has 1 heterocycles. The lowest BCUT2D eigenvalue weighted by atomic mass is 10.2. The van der Waals surface area contributed by atoms with Crippen molar-refractivity contribution < 1.29 is 4.42 Å². The number of halogens is 2. The molecular weight excluding hydrogens is 221 g/mol. The second kappa shape index (κ2) is 3.71. The normalized spacial score (nSPS) is 10.8. The minimum Gasteiger partial charge on any atom is -0.439 e. The van der Waals surface area contributed by atoms with Gasteiger partial charge in [0.1, 0.15) is 0 Å². The summed E-state index contributed by atoms with van der Waals surface area (Å²) in [7, 11) is 0. The summed E-state index contributed by atoms with van der Waals surface area (Å²) < 4.78 is 5.49. The highest BCUT2D eigenvalue weighted by Crippen LogP contribution is 2.32. The van der Waals surface area contributed by atoms with Crippen molar-refractivity contribution in [3.05, 3.63) is 28.2 Å². The smallest absolute Gasteiger partial charge is 0.194 e. The first-order valence-electron chi connectivity index (χ1n) is 4.33. The van der Waals surface area contributed by atoms with E-state index in [0.29, 0.717) is 21.5 Å².